The number of hydrogen-bond acceptors (Lipinski definition) is 7. The summed E-state index contributed by atoms with van der Waals surface area (Å²) in [4.78, 5) is 14.1. The third-order valence-electron chi connectivity index (χ3n) is 8.07. The van der Waals surface area contributed by atoms with Crippen LogP contribution in [-0.4, -0.2) is 59.9 Å². The fourth-order valence-electron chi connectivity index (χ4n) is 6.39. The molecule has 0 aromatic carbocycles. The average molecular weight is 398 g/mol. The van der Waals surface area contributed by atoms with Crippen molar-refractivity contribution in [2.45, 2.75) is 89.5 Å². The topological polar surface area (TPSA) is 69.6 Å². The summed E-state index contributed by atoms with van der Waals surface area (Å²) >= 11 is 0. The van der Waals surface area contributed by atoms with Gasteiger partial charge in [-0.15, -0.1) is 0 Å². The molecule has 0 aromatic rings. The second-order valence-corrected chi connectivity index (χ2v) is 9.83. The van der Waals surface area contributed by atoms with E-state index < -0.39 is 30.2 Å². The largest absolute Gasteiger partial charge is 0.376 e. The number of ether oxygens (including phenoxy) is 3. The van der Waals surface area contributed by atoms with E-state index in [2.05, 4.69) is 18.7 Å². The molecule has 6 fully saturated rings. The van der Waals surface area contributed by atoms with Gasteiger partial charge < -0.3 is 19.3 Å². The molecule has 9 atom stereocenters. The highest BCUT2D eigenvalue weighted by Gasteiger charge is 2.69. The Kier molecular flexibility index (Phi) is 5.02. The first-order chi connectivity index (χ1) is 13.4. The lowest BCUT2D eigenvalue weighted by molar-refractivity contribution is -0.577. The maximum atomic E-state index is 10.5. The minimum absolute atomic E-state index is 0.145. The van der Waals surface area contributed by atoms with Crippen molar-refractivity contribution in [2.24, 2.45) is 23.7 Å². The predicted molar refractivity (Wildman–Crippen MR) is 99.6 cm³/mol. The molecule has 1 N–H and O–H groups in total. The van der Waals surface area contributed by atoms with Crippen LogP contribution in [0.15, 0.2) is 0 Å². The van der Waals surface area contributed by atoms with Crippen molar-refractivity contribution in [2.75, 3.05) is 19.7 Å². The standard InChI is InChI=1S/C21H35NO6/c1-13-6-7-16-14(2)18(24-12-17(23)22-10-4-5-11-22)25-19-21(16)15(13)8-9-20(3,26-19)27-28-21/h13-19,23H,4-12H2,1-3H3/t13-,14-,15+,16+,17?,18+,19-,20-,21-/m1/s1. The normalized spacial score (nSPS) is 52.3. The monoisotopic (exact) mass is 397 g/mol. The summed E-state index contributed by atoms with van der Waals surface area (Å²) in [6, 6.07) is 0. The number of fused-ring (bicyclic) bond motifs is 2. The van der Waals surface area contributed by atoms with Crippen molar-refractivity contribution in [3.8, 4) is 0 Å². The van der Waals surface area contributed by atoms with Crippen molar-refractivity contribution >= 4 is 0 Å². The third kappa shape index (κ3) is 2.97. The van der Waals surface area contributed by atoms with Gasteiger partial charge in [0.15, 0.2) is 18.2 Å². The van der Waals surface area contributed by atoms with Gasteiger partial charge in [-0.05, 0) is 50.9 Å². The summed E-state index contributed by atoms with van der Waals surface area (Å²) < 4.78 is 18.9. The van der Waals surface area contributed by atoms with E-state index >= 15 is 0 Å². The van der Waals surface area contributed by atoms with Gasteiger partial charge in [0.05, 0.1) is 6.61 Å². The molecular formula is C21H35NO6. The Bertz CT molecular complexity index is 585. The smallest absolute Gasteiger partial charge is 0.201 e. The number of nitrogens with zero attached hydrogens (tertiary/aromatic N) is 1. The molecule has 0 amide bonds. The lowest BCUT2D eigenvalue weighted by Gasteiger charge is -2.60. The van der Waals surface area contributed by atoms with Crippen molar-refractivity contribution in [1.82, 2.24) is 4.90 Å². The molecule has 7 nitrogen and oxygen atoms in total. The zero-order valence-corrected chi connectivity index (χ0v) is 17.3. The van der Waals surface area contributed by atoms with Crippen LogP contribution in [-0.2, 0) is 24.0 Å². The molecular weight excluding hydrogens is 362 g/mol. The molecule has 2 bridgehead atoms. The number of aliphatic hydroxyl groups excluding tert-OH is 1. The Hall–Kier alpha value is -0.280. The summed E-state index contributed by atoms with van der Waals surface area (Å²) in [6.07, 6.45) is 4.89. The molecule has 1 unspecified atom stereocenters. The molecule has 7 heteroatoms. The van der Waals surface area contributed by atoms with Gasteiger partial charge in [0, 0.05) is 31.3 Å². The van der Waals surface area contributed by atoms with Gasteiger partial charge in [-0.1, -0.05) is 13.8 Å². The highest BCUT2D eigenvalue weighted by Crippen LogP contribution is 2.60. The third-order valence-corrected chi connectivity index (χ3v) is 8.07. The van der Waals surface area contributed by atoms with Gasteiger partial charge in [-0.2, -0.15) is 0 Å². The van der Waals surface area contributed by atoms with Crippen LogP contribution in [0.1, 0.15) is 59.3 Å². The quantitative estimate of drug-likeness (QED) is 0.731. The van der Waals surface area contributed by atoms with E-state index in [-0.39, 0.29) is 18.4 Å². The Morgan fingerprint density at radius 2 is 1.89 bits per heavy atom. The van der Waals surface area contributed by atoms with Crippen molar-refractivity contribution in [3.63, 3.8) is 0 Å². The van der Waals surface area contributed by atoms with Crippen LogP contribution in [0.5, 0.6) is 0 Å². The number of likely N-dealkylation sites (tertiary alicyclic amines) is 1. The lowest BCUT2D eigenvalue weighted by Crippen LogP contribution is -2.70. The Morgan fingerprint density at radius 1 is 1.11 bits per heavy atom. The maximum absolute atomic E-state index is 10.5. The molecule has 1 spiro atoms. The van der Waals surface area contributed by atoms with Gasteiger partial charge in [0.1, 0.15) is 6.23 Å². The van der Waals surface area contributed by atoms with Crippen LogP contribution in [0.25, 0.3) is 0 Å². The fraction of sp³-hybridized carbons (Fsp3) is 1.00. The van der Waals surface area contributed by atoms with Crippen molar-refractivity contribution < 1.29 is 29.1 Å². The van der Waals surface area contributed by atoms with E-state index in [0.29, 0.717) is 11.8 Å². The van der Waals surface area contributed by atoms with Gasteiger partial charge in [0.2, 0.25) is 5.79 Å². The fourth-order valence-corrected chi connectivity index (χ4v) is 6.39. The molecule has 1 aliphatic carbocycles. The van der Waals surface area contributed by atoms with E-state index in [1.165, 1.54) is 6.42 Å². The van der Waals surface area contributed by atoms with Gasteiger partial charge >= 0.3 is 0 Å². The van der Waals surface area contributed by atoms with Crippen molar-refractivity contribution in [1.29, 1.82) is 0 Å². The minimum Gasteiger partial charge on any atom is -0.376 e. The number of hydrogen-bond donors (Lipinski definition) is 1. The summed E-state index contributed by atoms with van der Waals surface area (Å²) in [6.45, 7) is 8.56. The van der Waals surface area contributed by atoms with Crippen molar-refractivity contribution in [3.05, 3.63) is 0 Å². The highest BCUT2D eigenvalue weighted by molar-refractivity contribution is 5.09. The first-order valence-electron chi connectivity index (χ1n) is 11.2. The molecule has 5 aliphatic heterocycles. The summed E-state index contributed by atoms with van der Waals surface area (Å²) in [7, 11) is 0. The molecule has 5 saturated heterocycles. The van der Waals surface area contributed by atoms with Gasteiger partial charge in [-0.25, -0.2) is 9.78 Å². The Morgan fingerprint density at radius 3 is 2.68 bits per heavy atom. The SMILES string of the molecule is C[C@H]1[C@@H](OCC(O)N2CCCC2)O[C@@H]2O[C@@]3(C)CC[C@H]4[C@H](C)CC[C@@H]1[C@@]24OO3. The maximum Gasteiger partial charge on any atom is 0.201 e. The first kappa shape index (κ1) is 19.7. The van der Waals surface area contributed by atoms with E-state index in [4.69, 9.17) is 24.0 Å². The van der Waals surface area contributed by atoms with E-state index in [1.54, 1.807) is 0 Å². The van der Waals surface area contributed by atoms with Crippen LogP contribution < -0.4 is 0 Å². The van der Waals surface area contributed by atoms with Crippen LogP contribution in [0.3, 0.4) is 0 Å². The van der Waals surface area contributed by atoms with Crippen LogP contribution in [0.4, 0.5) is 0 Å². The Balaban J connectivity index is 1.36. The Labute approximate surface area is 167 Å². The first-order valence-corrected chi connectivity index (χ1v) is 11.2. The van der Waals surface area contributed by atoms with Crippen LogP contribution in [0.2, 0.25) is 0 Å². The molecule has 28 heavy (non-hydrogen) atoms. The molecule has 0 radical (unpaired) electrons. The second-order valence-electron chi connectivity index (χ2n) is 9.83. The van der Waals surface area contributed by atoms with Gasteiger partial charge in [0.25, 0.3) is 0 Å². The van der Waals surface area contributed by atoms with Gasteiger partial charge in [-0.3, -0.25) is 4.90 Å². The number of aliphatic hydroxyl groups is 1. The molecule has 1 saturated carbocycles. The van der Waals surface area contributed by atoms with E-state index in [9.17, 15) is 5.11 Å². The summed E-state index contributed by atoms with van der Waals surface area (Å²) in [5.74, 6) is 0.545. The lowest BCUT2D eigenvalue weighted by atomic mass is 9.58. The summed E-state index contributed by atoms with van der Waals surface area (Å²) in [5, 5.41) is 10.5. The average Bonchev–Trinajstić information content (AvgIpc) is 3.12. The predicted octanol–water partition coefficient (Wildman–Crippen LogP) is 2.63. The highest BCUT2D eigenvalue weighted by atomic mass is 17.3. The molecule has 0 aromatic heterocycles. The summed E-state index contributed by atoms with van der Waals surface area (Å²) in [5.41, 5.74) is -0.555. The van der Waals surface area contributed by atoms with E-state index in [0.717, 1.165) is 45.2 Å². The van der Waals surface area contributed by atoms with Crippen LogP contribution in [0, 0.1) is 23.7 Å². The minimum atomic E-state index is -0.766. The molecule has 160 valence electrons. The van der Waals surface area contributed by atoms with E-state index in [1.807, 2.05) is 6.92 Å². The van der Waals surface area contributed by atoms with Crippen LogP contribution >= 0.6 is 0 Å². The second kappa shape index (κ2) is 7.15. The number of rotatable bonds is 4. The molecule has 6 rings (SSSR count). The zero-order valence-electron chi connectivity index (χ0n) is 17.3. The molecule has 5 heterocycles. The zero-order chi connectivity index (χ0) is 19.5. The molecule has 6 aliphatic rings.